The number of fused-ring (bicyclic) bond motifs is 3. The summed E-state index contributed by atoms with van der Waals surface area (Å²) in [5, 5.41) is 2.33. The normalized spacial score (nSPS) is 32.7. The summed E-state index contributed by atoms with van der Waals surface area (Å²) in [6.45, 7) is 3.80. The predicted molar refractivity (Wildman–Crippen MR) is 63.3 cm³/mol. The van der Waals surface area contributed by atoms with Gasteiger partial charge in [-0.05, 0) is 18.8 Å². The van der Waals surface area contributed by atoms with Gasteiger partial charge >= 0.3 is 0 Å². The van der Waals surface area contributed by atoms with E-state index < -0.39 is 0 Å². The van der Waals surface area contributed by atoms with E-state index in [1.807, 2.05) is 0 Å². The van der Waals surface area contributed by atoms with Gasteiger partial charge in [0.15, 0.2) is 0 Å². The molecule has 3 saturated heterocycles. The Kier molecular flexibility index (Phi) is 9.23. The van der Waals surface area contributed by atoms with E-state index in [0.29, 0.717) is 0 Å². The van der Waals surface area contributed by atoms with Crippen molar-refractivity contribution in [2.75, 3.05) is 19.6 Å². The molecule has 0 aromatic heterocycles. The predicted octanol–water partition coefficient (Wildman–Crippen LogP) is 1.95. The zero-order valence-electron chi connectivity index (χ0n) is 6.28. The van der Waals surface area contributed by atoms with Gasteiger partial charge in [0, 0.05) is 19.6 Å². The molecule has 70 valence electrons. The van der Waals surface area contributed by atoms with Crippen LogP contribution >= 0.6 is 50.9 Å². The van der Waals surface area contributed by atoms with Gasteiger partial charge in [-0.2, -0.15) is 0 Å². The van der Waals surface area contributed by atoms with Gasteiger partial charge < -0.3 is 0 Å². The highest BCUT2D eigenvalue weighted by Crippen LogP contribution is 2.19. The third kappa shape index (κ3) is 3.72. The molecule has 11 heavy (non-hydrogen) atoms. The number of rotatable bonds is 0. The number of hydrogen-bond acceptors (Lipinski definition) is 2. The van der Waals surface area contributed by atoms with Crippen molar-refractivity contribution in [1.82, 2.24) is 10.4 Å². The summed E-state index contributed by atoms with van der Waals surface area (Å²) in [5.41, 5.74) is 3.35. The maximum Gasteiger partial charge on any atom is 0.0134 e. The van der Waals surface area contributed by atoms with Gasteiger partial charge in [-0.25, -0.2) is 5.01 Å². The molecule has 0 aromatic rings. The highest BCUT2D eigenvalue weighted by Gasteiger charge is 2.24. The summed E-state index contributed by atoms with van der Waals surface area (Å²) < 4.78 is 0. The minimum absolute atomic E-state index is 0. The van der Waals surface area contributed by atoms with Gasteiger partial charge in [0.25, 0.3) is 0 Å². The molecule has 0 atom stereocenters. The molecule has 0 aliphatic carbocycles. The number of hydrogen-bond donors (Lipinski definition) is 1. The Morgan fingerprint density at radius 1 is 1.00 bits per heavy atom. The first kappa shape index (κ1) is 14.9. The van der Waals surface area contributed by atoms with Gasteiger partial charge in [-0.15, -0.1) is 50.9 Å². The van der Waals surface area contributed by atoms with E-state index in [9.17, 15) is 0 Å². The zero-order chi connectivity index (χ0) is 5.40. The van der Waals surface area contributed by atoms with Crippen LogP contribution < -0.4 is 5.43 Å². The second-order valence-electron chi connectivity index (χ2n) is 2.79. The van der Waals surface area contributed by atoms with Crippen LogP contribution in [0.3, 0.4) is 0 Å². The number of nitrogens with zero attached hydrogens (tertiary/aromatic N) is 1. The lowest BCUT2D eigenvalue weighted by Crippen LogP contribution is -2.52. The fraction of sp³-hybridized carbons (Fsp3) is 1.00. The van der Waals surface area contributed by atoms with E-state index in [4.69, 9.17) is 0 Å². The van der Waals surface area contributed by atoms with Crippen molar-refractivity contribution in [2.45, 2.75) is 12.8 Å². The van der Waals surface area contributed by atoms with Crippen LogP contribution in [0, 0.1) is 5.92 Å². The summed E-state index contributed by atoms with van der Waals surface area (Å²) >= 11 is 0. The molecule has 3 aliphatic rings. The Labute approximate surface area is 99.4 Å². The van der Waals surface area contributed by atoms with Crippen LogP contribution in [0.4, 0.5) is 0 Å². The molecule has 0 unspecified atom stereocenters. The lowest BCUT2D eigenvalue weighted by molar-refractivity contribution is 0.0572. The standard InChI is InChI=1S/C6H12N2.3BrH/c1-3-8-4-2-6(1)5-7-8;;;/h6-7H,1-5H2;3*1H. The third-order valence-corrected chi connectivity index (χ3v) is 2.22. The Balaban J connectivity index is 0. The van der Waals surface area contributed by atoms with E-state index >= 15 is 0 Å². The van der Waals surface area contributed by atoms with Gasteiger partial charge in [0.1, 0.15) is 0 Å². The molecule has 5 heteroatoms. The highest BCUT2D eigenvalue weighted by atomic mass is 79.9. The maximum absolute atomic E-state index is 3.35. The van der Waals surface area contributed by atoms with Gasteiger partial charge in [0.05, 0.1) is 0 Å². The lowest BCUT2D eigenvalue weighted by atomic mass is 9.96. The SMILES string of the molecule is Br.Br.Br.C1CN2CCC1CN2. The van der Waals surface area contributed by atoms with Crippen LogP contribution in [0.25, 0.3) is 0 Å². The topological polar surface area (TPSA) is 15.3 Å². The van der Waals surface area contributed by atoms with E-state index in [0.717, 1.165) is 5.92 Å². The Morgan fingerprint density at radius 2 is 1.55 bits per heavy atom. The molecule has 3 aliphatic heterocycles. The average Bonchev–Trinajstić information content (AvgIpc) is 1.92. The van der Waals surface area contributed by atoms with Crippen molar-refractivity contribution >= 4 is 50.9 Å². The largest absolute Gasteiger partial charge is 0.255 e. The number of halogens is 3. The van der Waals surface area contributed by atoms with Crippen LogP contribution in [0.5, 0.6) is 0 Å². The fourth-order valence-corrected chi connectivity index (χ4v) is 1.55. The Bertz CT molecular complexity index is 70.8. The summed E-state index contributed by atoms with van der Waals surface area (Å²) in [6.07, 6.45) is 2.85. The molecule has 3 fully saturated rings. The van der Waals surface area contributed by atoms with Crippen LogP contribution in [-0.4, -0.2) is 24.6 Å². The fourth-order valence-electron chi connectivity index (χ4n) is 1.55. The van der Waals surface area contributed by atoms with Crippen LogP contribution in [0.2, 0.25) is 0 Å². The molecule has 2 bridgehead atoms. The molecule has 0 amide bonds. The van der Waals surface area contributed by atoms with Gasteiger partial charge in [0.2, 0.25) is 0 Å². The quantitative estimate of drug-likeness (QED) is 0.715. The zero-order valence-corrected chi connectivity index (χ0v) is 11.4. The minimum Gasteiger partial charge on any atom is -0.255 e. The maximum atomic E-state index is 3.35. The molecular weight excluding hydrogens is 340 g/mol. The molecule has 0 saturated carbocycles. The number of nitrogens with one attached hydrogen (secondary N) is 1. The first-order chi connectivity index (χ1) is 3.95. The van der Waals surface area contributed by atoms with E-state index in [2.05, 4.69) is 10.4 Å². The molecule has 1 N–H and O–H groups in total. The van der Waals surface area contributed by atoms with E-state index in [1.165, 1.54) is 32.5 Å². The van der Waals surface area contributed by atoms with Crippen LogP contribution in [0.15, 0.2) is 0 Å². The smallest absolute Gasteiger partial charge is 0.0134 e. The van der Waals surface area contributed by atoms with Crippen molar-refractivity contribution in [3.05, 3.63) is 0 Å². The lowest BCUT2D eigenvalue weighted by Gasteiger charge is -2.39. The number of piperidine rings is 1. The van der Waals surface area contributed by atoms with Gasteiger partial charge in [-0.3, -0.25) is 5.43 Å². The first-order valence-electron chi connectivity index (χ1n) is 3.43. The monoisotopic (exact) mass is 352 g/mol. The van der Waals surface area contributed by atoms with Crippen molar-refractivity contribution in [2.24, 2.45) is 5.92 Å². The Hall–Kier alpha value is 1.36. The number of hydrazine groups is 1. The second-order valence-corrected chi connectivity index (χ2v) is 2.79. The van der Waals surface area contributed by atoms with Crippen molar-refractivity contribution in [3.8, 4) is 0 Å². The van der Waals surface area contributed by atoms with E-state index in [1.54, 1.807) is 0 Å². The average molecular weight is 355 g/mol. The summed E-state index contributed by atoms with van der Waals surface area (Å²) in [7, 11) is 0. The molecular formula is C6H15Br3N2. The van der Waals surface area contributed by atoms with E-state index in [-0.39, 0.29) is 50.9 Å². The second kappa shape index (κ2) is 6.83. The summed E-state index contributed by atoms with van der Waals surface area (Å²) in [4.78, 5) is 0. The van der Waals surface area contributed by atoms with Crippen molar-refractivity contribution in [3.63, 3.8) is 0 Å². The van der Waals surface area contributed by atoms with Gasteiger partial charge in [-0.1, -0.05) is 0 Å². The highest BCUT2D eigenvalue weighted by molar-refractivity contribution is 8.93. The summed E-state index contributed by atoms with van der Waals surface area (Å²) in [5.74, 6) is 1.000. The summed E-state index contributed by atoms with van der Waals surface area (Å²) in [6, 6.07) is 0. The Morgan fingerprint density at radius 3 is 1.64 bits per heavy atom. The molecule has 3 rings (SSSR count). The van der Waals surface area contributed by atoms with Crippen LogP contribution in [-0.2, 0) is 0 Å². The molecule has 0 spiro atoms. The van der Waals surface area contributed by atoms with Crippen molar-refractivity contribution in [1.29, 1.82) is 0 Å². The molecule has 2 nitrogen and oxygen atoms in total. The first-order valence-corrected chi connectivity index (χ1v) is 3.43. The minimum atomic E-state index is 0. The van der Waals surface area contributed by atoms with Crippen molar-refractivity contribution < 1.29 is 0 Å². The molecule has 3 heterocycles. The molecule has 0 radical (unpaired) electrons. The van der Waals surface area contributed by atoms with Crippen LogP contribution in [0.1, 0.15) is 12.8 Å². The third-order valence-electron chi connectivity index (χ3n) is 2.22. The molecule has 0 aromatic carbocycles.